The Hall–Kier alpha value is -2.12. The number of aliphatic hydroxyl groups is 4. The van der Waals surface area contributed by atoms with E-state index in [4.69, 9.17) is 9.47 Å². The van der Waals surface area contributed by atoms with Gasteiger partial charge in [-0.2, -0.15) is 17.9 Å². The number of hydrogen-bond acceptors (Lipinski definition) is 19. The number of rotatable bonds is 14. The Morgan fingerprint density at radius 1 is 0.708 bits per heavy atom. The molecule has 2 aliphatic heterocycles. The molecule has 4 unspecified atom stereocenters. The fourth-order valence-corrected chi connectivity index (χ4v) is 9.10. The summed E-state index contributed by atoms with van der Waals surface area (Å²) >= 11 is 0. The van der Waals surface area contributed by atoms with Crippen LogP contribution in [-0.4, -0.2) is 109 Å². The van der Waals surface area contributed by atoms with Crippen LogP contribution in [0.3, 0.4) is 0 Å². The molecular weight excluding hydrogens is 748 g/mol. The molecule has 2 aromatic rings. The molecule has 0 aromatic carbocycles. The van der Waals surface area contributed by atoms with Gasteiger partial charge in [0.2, 0.25) is 0 Å². The summed E-state index contributed by atoms with van der Waals surface area (Å²) in [6.07, 6.45) is -10.6. The van der Waals surface area contributed by atoms with Crippen LogP contribution in [0.25, 0.3) is 0 Å². The van der Waals surface area contributed by atoms with Crippen LogP contribution >= 0.6 is 31.3 Å². The van der Waals surface area contributed by atoms with Gasteiger partial charge in [-0.15, -0.1) is 0 Å². The third-order valence-corrected chi connectivity index (χ3v) is 12.1. The second-order valence-electron chi connectivity index (χ2n) is 9.67. The van der Waals surface area contributed by atoms with E-state index < -0.39 is 110 Å². The first-order valence-electron chi connectivity index (χ1n) is 12.7. The van der Waals surface area contributed by atoms with Gasteiger partial charge in [0.25, 0.3) is 11.1 Å². The van der Waals surface area contributed by atoms with Gasteiger partial charge in [0, 0.05) is 24.5 Å². The first kappa shape index (κ1) is 38.7. The van der Waals surface area contributed by atoms with E-state index in [9.17, 15) is 72.6 Å². The summed E-state index contributed by atoms with van der Waals surface area (Å²) in [7, 11) is -24.0. The number of phosphoric acid groups is 4. The molecule has 2 aliphatic rings. The Kier molecular flexibility index (Phi) is 11.8. The number of nitrogens with one attached hydrogen (secondary N) is 1. The van der Waals surface area contributed by atoms with E-state index >= 15 is 0 Å². The molecule has 0 spiro atoms. The maximum atomic E-state index is 12.2. The largest absolute Gasteiger partial charge is 0.490 e. The monoisotopic (exact) mass is 774 g/mol. The van der Waals surface area contributed by atoms with Crippen molar-refractivity contribution in [3.05, 3.63) is 62.0 Å². The van der Waals surface area contributed by atoms with Crippen molar-refractivity contribution in [3.8, 4) is 0 Å². The smallest absolute Gasteiger partial charge is 0.387 e. The minimum Gasteiger partial charge on any atom is -0.387 e. The van der Waals surface area contributed by atoms with Gasteiger partial charge < -0.3 is 54.0 Å². The van der Waals surface area contributed by atoms with Crippen LogP contribution in [0.2, 0.25) is 0 Å². The lowest BCUT2D eigenvalue weighted by atomic mass is 10.1. The molecule has 30 heteroatoms. The van der Waals surface area contributed by atoms with Gasteiger partial charge in [0.1, 0.15) is 43.0 Å². The number of aromatic amines is 1. The molecule has 0 saturated carbocycles. The highest BCUT2D eigenvalue weighted by atomic mass is 31.3. The van der Waals surface area contributed by atoms with E-state index in [-0.39, 0.29) is 0 Å². The van der Waals surface area contributed by atoms with E-state index in [2.05, 4.69) is 27.0 Å². The third kappa shape index (κ3) is 9.77. The molecule has 4 rings (SSSR count). The molecule has 26 nitrogen and oxygen atoms in total. The molecule has 48 heavy (non-hydrogen) atoms. The molecule has 4 heterocycles. The molecule has 2 fully saturated rings. The first-order valence-corrected chi connectivity index (χ1v) is 18.7. The lowest BCUT2D eigenvalue weighted by Crippen LogP contribution is -2.37. The van der Waals surface area contributed by atoms with Crippen LogP contribution in [-0.2, 0) is 49.7 Å². The van der Waals surface area contributed by atoms with Crippen molar-refractivity contribution in [2.45, 2.75) is 49.1 Å². The van der Waals surface area contributed by atoms with Crippen LogP contribution in [0.1, 0.15) is 12.5 Å². The van der Waals surface area contributed by atoms with Gasteiger partial charge in [-0.1, -0.05) is 0 Å². The topological polar surface area (TPSA) is 384 Å². The van der Waals surface area contributed by atoms with Crippen LogP contribution < -0.4 is 16.8 Å². The third-order valence-electron chi connectivity index (χ3n) is 6.22. The molecule has 0 aliphatic carbocycles. The van der Waals surface area contributed by atoms with Crippen molar-refractivity contribution in [3.63, 3.8) is 0 Å². The van der Waals surface area contributed by atoms with E-state index in [1.54, 1.807) is 0 Å². The number of ether oxygens (including phenoxy) is 2. The molecule has 0 radical (unpaired) electrons. The summed E-state index contributed by atoms with van der Waals surface area (Å²) in [6.45, 7) is -2.32. The SMILES string of the molecule is O=c1ccn([C@H]2O[C@H](COP(=O)(O)OP(=O)(O)OP(=O)(O)OP(=O)(O)OC[C@H]3O[C@H](n4ccc(=O)[nH]c4=O)[C@H](O)[C@@H]3O)[C@@H](O)[C@H]2O)cn1. The van der Waals surface area contributed by atoms with Crippen LogP contribution in [0.15, 0.2) is 45.2 Å². The first-order chi connectivity index (χ1) is 22.1. The zero-order valence-electron chi connectivity index (χ0n) is 23.3. The summed E-state index contributed by atoms with van der Waals surface area (Å²) in [6, 6.07) is 1.86. The van der Waals surface area contributed by atoms with E-state index in [1.807, 2.05) is 4.98 Å². The number of H-pyrrole nitrogens is 1. The standard InChI is InChI=1S/C18H26N4O22P4/c23-10-1-3-21(7-19-10)16-14(27)12(25)8(40-16)5-38-45(30,31)42-47(34,35)44-48(36,37)43-46(32,33)39-6-9-13(26)15(28)17(41-9)22-4-2-11(24)20-18(22)29/h1-4,7-9,12-17,25-28H,5-6H2,(H,30,31)(H,32,33)(H,34,35)(H,36,37)(H,20,24,29)/t8-,9-,12-,13-,14-,15-,16+,17+/m1/s1. The normalized spacial score (nSPS) is 32.6. The molecule has 2 aromatic heterocycles. The second-order valence-corrected chi connectivity index (χ2v) is 15.9. The van der Waals surface area contributed by atoms with Crippen LogP contribution in [0, 0.1) is 0 Å². The highest BCUT2D eigenvalue weighted by molar-refractivity contribution is 7.69. The Bertz CT molecular complexity index is 1830. The minimum atomic E-state index is -6.21. The molecule has 0 amide bonds. The molecule has 12 atom stereocenters. The van der Waals surface area contributed by atoms with Gasteiger partial charge in [-0.25, -0.2) is 23.1 Å². The minimum absolute atomic E-state index is 0.641. The summed E-state index contributed by atoms with van der Waals surface area (Å²) < 4.78 is 81.1. The number of aliphatic hydroxyl groups excluding tert-OH is 4. The second kappa shape index (κ2) is 14.6. The van der Waals surface area contributed by atoms with Gasteiger partial charge >= 0.3 is 37.0 Å². The molecule has 270 valence electrons. The summed E-state index contributed by atoms with van der Waals surface area (Å²) in [5.41, 5.74) is -2.51. The van der Waals surface area contributed by atoms with Crippen molar-refractivity contribution >= 4 is 31.3 Å². The molecule has 9 N–H and O–H groups in total. The Balaban J connectivity index is 1.30. The molecule has 2 saturated heterocycles. The molecule has 0 bridgehead atoms. The lowest BCUT2D eigenvalue weighted by molar-refractivity contribution is -0.0542. The zero-order chi connectivity index (χ0) is 35.8. The Morgan fingerprint density at radius 3 is 1.67 bits per heavy atom. The predicted molar refractivity (Wildman–Crippen MR) is 146 cm³/mol. The van der Waals surface area contributed by atoms with Gasteiger partial charge in [-0.05, 0) is 0 Å². The average Bonchev–Trinajstić information content (AvgIpc) is 3.39. The number of hydrogen-bond donors (Lipinski definition) is 9. The highest BCUT2D eigenvalue weighted by Gasteiger charge is 2.49. The Labute approximate surface area is 264 Å². The Morgan fingerprint density at radius 2 is 1.19 bits per heavy atom. The van der Waals surface area contributed by atoms with Gasteiger partial charge in [-0.3, -0.25) is 28.2 Å². The van der Waals surface area contributed by atoms with E-state index in [0.29, 0.717) is 4.57 Å². The van der Waals surface area contributed by atoms with Crippen LogP contribution in [0.4, 0.5) is 0 Å². The van der Waals surface area contributed by atoms with Crippen molar-refractivity contribution in [2.75, 3.05) is 13.2 Å². The summed E-state index contributed by atoms with van der Waals surface area (Å²) in [5, 5.41) is 40.7. The lowest BCUT2D eigenvalue weighted by Gasteiger charge is -2.21. The van der Waals surface area contributed by atoms with Crippen molar-refractivity contribution < 1.29 is 89.7 Å². The zero-order valence-corrected chi connectivity index (χ0v) is 26.9. The average molecular weight is 774 g/mol. The van der Waals surface area contributed by atoms with Crippen molar-refractivity contribution in [1.29, 1.82) is 0 Å². The number of phosphoric ester groups is 2. The summed E-state index contributed by atoms with van der Waals surface area (Å²) in [5.74, 6) is 0. The fraction of sp³-hybridized carbons (Fsp3) is 0.556. The van der Waals surface area contributed by atoms with Crippen molar-refractivity contribution in [2.24, 2.45) is 0 Å². The maximum absolute atomic E-state index is 12.2. The van der Waals surface area contributed by atoms with Gasteiger partial charge in [0.05, 0.1) is 13.2 Å². The maximum Gasteiger partial charge on any atom is 0.490 e. The van der Waals surface area contributed by atoms with E-state index in [0.717, 1.165) is 35.4 Å². The van der Waals surface area contributed by atoms with Gasteiger partial charge in [0.15, 0.2) is 12.5 Å². The quantitative estimate of drug-likeness (QED) is 0.0841. The highest BCUT2D eigenvalue weighted by Crippen LogP contribution is 2.71. The number of nitrogens with zero attached hydrogens (tertiary/aromatic N) is 3. The van der Waals surface area contributed by atoms with E-state index in [1.165, 1.54) is 0 Å². The molecular formula is C18H26N4O22P4. The predicted octanol–water partition coefficient (Wildman–Crippen LogP) is -3.48. The van der Waals surface area contributed by atoms with Crippen LogP contribution in [0.5, 0.6) is 0 Å². The summed E-state index contributed by atoms with van der Waals surface area (Å²) in [4.78, 5) is 78.7. The number of aromatic nitrogens is 4. The fourth-order valence-electron chi connectivity index (χ4n) is 4.15. The van der Waals surface area contributed by atoms with Crippen molar-refractivity contribution in [1.82, 2.24) is 19.1 Å².